The third-order valence-electron chi connectivity index (χ3n) is 4.19. The first-order chi connectivity index (χ1) is 8.26. The van der Waals surface area contributed by atoms with Crippen molar-refractivity contribution < 1.29 is 0 Å². The maximum atomic E-state index is 5.71. The van der Waals surface area contributed by atoms with Crippen molar-refractivity contribution in [3.05, 3.63) is 11.9 Å². The van der Waals surface area contributed by atoms with E-state index < -0.39 is 0 Å². The van der Waals surface area contributed by atoms with Gasteiger partial charge in [0.25, 0.3) is 0 Å². The van der Waals surface area contributed by atoms with Gasteiger partial charge in [0.1, 0.15) is 0 Å². The van der Waals surface area contributed by atoms with Gasteiger partial charge in [-0.3, -0.25) is 16.0 Å². The van der Waals surface area contributed by atoms with Gasteiger partial charge in [-0.25, -0.2) is 0 Å². The van der Waals surface area contributed by atoms with Crippen molar-refractivity contribution in [2.75, 3.05) is 0 Å². The van der Waals surface area contributed by atoms with E-state index in [1.54, 1.807) is 0 Å². The number of rotatable bonds is 4. The molecule has 1 aromatic rings. The number of nitrogens with zero attached hydrogens (tertiary/aromatic N) is 3. The molecule has 0 bridgehead atoms. The monoisotopic (exact) mass is 237 g/mol. The molecule has 3 N–H and O–H groups in total. The molecule has 0 spiro atoms. The summed E-state index contributed by atoms with van der Waals surface area (Å²) in [5.41, 5.74) is 4.04. The van der Waals surface area contributed by atoms with Gasteiger partial charge in [0.2, 0.25) is 0 Å². The fourth-order valence-electron chi connectivity index (χ4n) is 2.97. The van der Waals surface area contributed by atoms with Crippen LogP contribution in [-0.2, 0) is 7.05 Å². The minimum atomic E-state index is 0.188. The highest BCUT2D eigenvalue weighted by atomic mass is 15.4. The molecule has 1 heterocycles. The Balaban J connectivity index is 2.03. The molecule has 0 radical (unpaired) electrons. The maximum absolute atomic E-state index is 5.71. The zero-order valence-corrected chi connectivity index (χ0v) is 10.8. The lowest BCUT2D eigenvalue weighted by Crippen LogP contribution is -2.36. The molecule has 2 rings (SSSR count). The second kappa shape index (κ2) is 5.60. The first-order valence-electron chi connectivity index (χ1n) is 6.57. The highest BCUT2D eigenvalue weighted by Gasteiger charge is 2.29. The first-order valence-corrected chi connectivity index (χ1v) is 6.57. The molecule has 1 atom stereocenters. The van der Waals surface area contributed by atoms with Gasteiger partial charge in [-0.2, -0.15) is 0 Å². The van der Waals surface area contributed by atoms with Crippen molar-refractivity contribution in [2.24, 2.45) is 24.7 Å². The minimum Gasteiger partial charge on any atom is -0.271 e. The van der Waals surface area contributed by atoms with E-state index in [2.05, 4.69) is 22.7 Å². The fraction of sp³-hybridized carbons (Fsp3) is 0.833. The van der Waals surface area contributed by atoms with E-state index in [-0.39, 0.29) is 6.04 Å². The summed E-state index contributed by atoms with van der Waals surface area (Å²) in [6.45, 7) is 2.29. The molecule has 1 unspecified atom stereocenters. The highest BCUT2D eigenvalue weighted by molar-refractivity contribution is 5.04. The third-order valence-corrected chi connectivity index (χ3v) is 4.19. The van der Waals surface area contributed by atoms with Crippen LogP contribution in [0.25, 0.3) is 0 Å². The van der Waals surface area contributed by atoms with Crippen LogP contribution >= 0.6 is 0 Å². The molecule has 1 aromatic heterocycles. The lowest BCUT2D eigenvalue weighted by atomic mass is 9.77. The molecular weight excluding hydrogens is 214 g/mol. The van der Waals surface area contributed by atoms with Crippen LogP contribution in [0.2, 0.25) is 0 Å². The number of hydrazine groups is 1. The van der Waals surface area contributed by atoms with Gasteiger partial charge in [-0.1, -0.05) is 31.4 Å². The Kier molecular flexibility index (Phi) is 4.12. The Labute approximate surface area is 103 Å². The summed E-state index contributed by atoms with van der Waals surface area (Å²) >= 11 is 0. The van der Waals surface area contributed by atoms with Gasteiger partial charge in [0.15, 0.2) is 0 Å². The van der Waals surface area contributed by atoms with Crippen LogP contribution in [0.15, 0.2) is 6.20 Å². The summed E-state index contributed by atoms with van der Waals surface area (Å²) in [5.74, 6) is 7.23. The molecule has 5 nitrogen and oxygen atoms in total. The number of nitrogens with two attached hydrogens (primary N) is 1. The summed E-state index contributed by atoms with van der Waals surface area (Å²) in [4.78, 5) is 0. The van der Waals surface area contributed by atoms with E-state index in [0.717, 1.165) is 11.6 Å². The molecule has 5 heteroatoms. The lowest BCUT2D eigenvalue weighted by molar-refractivity contribution is 0.214. The molecule has 1 aliphatic rings. The molecule has 0 saturated heterocycles. The van der Waals surface area contributed by atoms with Crippen LogP contribution in [0.4, 0.5) is 0 Å². The van der Waals surface area contributed by atoms with Gasteiger partial charge in [0, 0.05) is 7.05 Å². The topological polar surface area (TPSA) is 68.8 Å². The third kappa shape index (κ3) is 2.66. The Hall–Kier alpha value is -0.940. The van der Waals surface area contributed by atoms with Crippen LogP contribution in [0, 0.1) is 11.8 Å². The predicted molar refractivity (Wildman–Crippen MR) is 66.8 cm³/mol. The smallest absolute Gasteiger partial charge is 0.0769 e. The van der Waals surface area contributed by atoms with Gasteiger partial charge in [-0.15, -0.1) is 5.10 Å². The molecular formula is C12H23N5. The number of hydrogen-bond donors (Lipinski definition) is 2. The zero-order valence-electron chi connectivity index (χ0n) is 10.8. The highest BCUT2D eigenvalue weighted by Crippen LogP contribution is 2.37. The maximum Gasteiger partial charge on any atom is 0.0769 e. The van der Waals surface area contributed by atoms with Crippen molar-refractivity contribution in [3.63, 3.8) is 0 Å². The Morgan fingerprint density at radius 2 is 2.18 bits per heavy atom. The fourth-order valence-corrected chi connectivity index (χ4v) is 2.97. The molecule has 96 valence electrons. The van der Waals surface area contributed by atoms with Crippen LogP contribution in [0.1, 0.15) is 50.8 Å². The number of nitrogens with one attached hydrogen (secondary N) is 1. The SMILES string of the molecule is CCC1CCC(C(NN)c2cnnn2C)CC1. The van der Waals surface area contributed by atoms with Crippen LogP contribution < -0.4 is 11.3 Å². The van der Waals surface area contributed by atoms with E-state index >= 15 is 0 Å². The van der Waals surface area contributed by atoms with E-state index in [1.807, 2.05) is 17.9 Å². The second-order valence-corrected chi connectivity index (χ2v) is 5.12. The number of aryl methyl sites for hydroxylation is 1. The van der Waals surface area contributed by atoms with Crippen molar-refractivity contribution in [1.29, 1.82) is 0 Å². The molecule has 0 amide bonds. The average Bonchev–Trinajstić information content (AvgIpc) is 2.78. The molecule has 1 saturated carbocycles. The van der Waals surface area contributed by atoms with Gasteiger partial charge >= 0.3 is 0 Å². The van der Waals surface area contributed by atoms with Gasteiger partial charge < -0.3 is 0 Å². The van der Waals surface area contributed by atoms with E-state index in [9.17, 15) is 0 Å². The number of aromatic nitrogens is 3. The lowest BCUT2D eigenvalue weighted by Gasteiger charge is -2.33. The van der Waals surface area contributed by atoms with Crippen LogP contribution in [0.3, 0.4) is 0 Å². The van der Waals surface area contributed by atoms with Crippen molar-refractivity contribution >= 4 is 0 Å². The first kappa shape index (κ1) is 12.5. The van der Waals surface area contributed by atoms with Crippen molar-refractivity contribution in [2.45, 2.75) is 45.1 Å². The second-order valence-electron chi connectivity index (χ2n) is 5.12. The molecule has 0 aromatic carbocycles. The van der Waals surface area contributed by atoms with Crippen LogP contribution in [-0.4, -0.2) is 15.0 Å². The zero-order chi connectivity index (χ0) is 12.3. The predicted octanol–water partition coefficient (Wildman–Crippen LogP) is 1.54. The minimum absolute atomic E-state index is 0.188. The number of hydrogen-bond acceptors (Lipinski definition) is 4. The quantitative estimate of drug-likeness (QED) is 0.615. The van der Waals surface area contributed by atoms with Crippen molar-refractivity contribution in [1.82, 2.24) is 20.4 Å². The molecule has 17 heavy (non-hydrogen) atoms. The largest absolute Gasteiger partial charge is 0.271 e. The van der Waals surface area contributed by atoms with E-state index in [1.165, 1.54) is 32.1 Å². The Bertz CT molecular complexity index is 340. The average molecular weight is 237 g/mol. The van der Waals surface area contributed by atoms with E-state index in [0.29, 0.717) is 5.92 Å². The summed E-state index contributed by atoms with van der Waals surface area (Å²) in [6, 6.07) is 0.188. The van der Waals surface area contributed by atoms with Crippen LogP contribution in [0.5, 0.6) is 0 Å². The Morgan fingerprint density at radius 3 is 2.65 bits per heavy atom. The van der Waals surface area contributed by atoms with Gasteiger partial charge in [-0.05, 0) is 24.7 Å². The summed E-state index contributed by atoms with van der Waals surface area (Å²) in [6.07, 6.45) is 8.27. The van der Waals surface area contributed by atoms with Gasteiger partial charge in [0.05, 0.1) is 17.9 Å². The molecule has 1 fully saturated rings. The molecule has 1 aliphatic carbocycles. The normalized spacial score (nSPS) is 27.0. The van der Waals surface area contributed by atoms with E-state index in [4.69, 9.17) is 5.84 Å². The summed E-state index contributed by atoms with van der Waals surface area (Å²) in [7, 11) is 1.92. The molecule has 0 aliphatic heterocycles. The summed E-state index contributed by atoms with van der Waals surface area (Å²) in [5, 5.41) is 7.92. The van der Waals surface area contributed by atoms with Crippen molar-refractivity contribution in [3.8, 4) is 0 Å². The Morgan fingerprint density at radius 1 is 1.47 bits per heavy atom. The standard InChI is InChI=1S/C12H23N5/c1-3-9-4-6-10(7-5-9)12(15-13)11-8-14-16-17(11)2/h8-10,12,15H,3-7,13H2,1-2H3. The summed E-state index contributed by atoms with van der Waals surface area (Å²) < 4.78 is 1.82.